The molecule has 3 rings (SSSR count). The summed E-state index contributed by atoms with van der Waals surface area (Å²) in [6.45, 7) is 10.8. The van der Waals surface area contributed by atoms with Crippen molar-refractivity contribution in [2.75, 3.05) is 13.7 Å². The molecule has 9 nitrogen and oxygen atoms in total. The van der Waals surface area contributed by atoms with E-state index in [1.165, 1.54) is 23.9 Å². The van der Waals surface area contributed by atoms with Crippen LogP contribution in [0.4, 0.5) is 0 Å². The van der Waals surface area contributed by atoms with Gasteiger partial charge in [0.05, 0.1) is 12.2 Å². The third-order valence-electron chi connectivity index (χ3n) is 6.35. The van der Waals surface area contributed by atoms with Crippen LogP contribution in [0.1, 0.15) is 37.4 Å². The Balaban J connectivity index is 1.92. The van der Waals surface area contributed by atoms with Crippen molar-refractivity contribution in [2.24, 2.45) is 0 Å². The van der Waals surface area contributed by atoms with Gasteiger partial charge in [0, 0.05) is 19.4 Å². The fourth-order valence-electron chi connectivity index (χ4n) is 3.36. The molecule has 1 N–H and O–H groups in total. The van der Waals surface area contributed by atoms with Crippen LogP contribution < -0.4 is 11.2 Å². The van der Waals surface area contributed by atoms with Gasteiger partial charge in [-0.25, -0.2) is 9.59 Å². The number of carbonyl (C=O) groups is 1. The highest BCUT2D eigenvalue weighted by atomic mass is 28.4. The number of rotatable bonds is 7. The Kier molecular flexibility index (Phi) is 7.42. The molecule has 1 aliphatic heterocycles. The topological polar surface area (TPSA) is 109 Å². The summed E-state index contributed by atoms with van der Waals surface area (Å²) >= 11 is 0. The van der Waals surface area contributed by atoms with Crippen LogP contribution >= 0.6 is 0 Å². The van der Waals surface area contributed by atoms with Gasteiger partial charge in [-0.2, -0.15) is 0 Å². The monoisotopic (exact) mass is 476 g/mol. The third-order valence-corrected chi connectivity index (χ3v) is 10.9. The highest BCUT2D eigenvalue weighted by molar-refractivity contribution is 6.74. The molecule has 2 aromatic rings. The van der Waals surface area contributed by atoms with Crippen molar-refractivity contribution in [2.45, 2.75) is 63.4 Å². The number of nitrogens with one attached hydrogen (secondary N) is 1. The van der Waals surface area contributed by atoms with Crippen LogP contribution in [0, 0.1) is 0 Å². The van der Waals surface area contributed by atoms with Crippen molar-refractivity contribution in [3.63, 3.8) is 0 Å². The SMILES string of the molecule is COC1C(OC(=O)c2ccccc2)C(CO[Si](C)(C)C(C)(C)C)OC1n1ccc(=O)[nH]c1=O. The maximum absolute atomic E-state index is 12.8. The van der Waals surface area contributed by atoms with Crippen LogP contribution in [0.2, 0.25) is 18.1 Å². The molecule has 33 heavy (non-hydrogen) atoms. The number of H-pyrrole nitrogens is 1. The molecule has 4 unspecified atom stereocenters. The molecule has 0 amide bonds. The maximum atomic E-state index is 12.8. The van der Waals surface area contributed by atoms with Gasteiger partial charge in [0.2, 0.25) is 0 Å². The van der Waals surface area contributed by atoms with E-state index < -0.39 is 50.1 Å². The number of ether oxygens (including phenoxy) is 3. The van der Waals surface area contributed by atoms with Crippen molar-refractivity contribution in [1.29, 1.82) is 0 Å². The summed E-state index contributed by atoms with van der Waals surface area (Å²) in [4.78, 5) is 39.0. The Morgan fingerprint density at radius 2 is 1.79 bits per heavy atom. The lowest BCUT2D eigenvalue weighted by molar-refractivity contribution is -0.0613. The first kappa shape index (κ1) is 25.1. The number of methoxy groups -OCH3 is 1. The third kappa shape index (κ3) is 5.52. The number of aromatic nitrogens is 2. The molecule has 1 fully saturated rings. The van der Waals surface area contributed by atoms with E-state index in [1.807, 2.05) is 6.07 Å². The second kappa shape index (κ2) is 9.76. The lowest BCUT2D eigenvalue weighted by Crippen LogP contribution is -2.45. The molecule has 0 aliphatic carbocycles. The largest absolute Gasteiger partial charge is 0.453 e. The minimum absolute atomic E-state index is 0.0300. The van der Waals surface area contributed by atoms with Gasteiger partial charge in [-0.1, -0.05) is 39.0 Å². The summed E-state index contributed by atoms with van der Waals surface area (Å²) < 4.78 is 25.2. The van der Waals surface area contributed by atoms with Gasteiger partial charge in [-0.3, -0.25) is 14.3 Å². The predicted molar refractivity (Wildman–Crippen MR) is 125 cm³/mol. The van der Waals surface area contributed by atoms with Gasteiger partial charge in [0.1, 0.15) is 12.2 Å². The van der Waals surface area contributed by atoms with E-state index in [0.29, 0.717) is 5.56 Å². The summed E-state index contributed by atoms with van der Waals surface area (Å²) in [6.07, 6.45) is -1.89. The van der Waals surface area contributed by atoms with E-state index in [1.54, 1.807) is 24.3 Å². The lowest BCUT2D eigenvalue weighted by Gasteiger charge is -2.37. The number of carbonyl (C=O) groups excluding carboxylic acids is 1. The van der Waals surface area contributed by atoms with E-state index in [-0.39, 0.29) is 11.6 Å². The Labute approximate surface area is 193 Å². The highest BCUT2D eigenvalue weighted by Crippen LogP contribution is 2.38. The van der Waals surface area contributed by atoms with Crippen LogP contribution in [0.3, 0.4) is 0 Å². The van der Waals surface area contributed by atoms with Crippen LogP contribution in [0.25, 0.3) is 0 Å². The molecule has 0 radical (unpaired) electrons. The van der Waals surface area contributed by atoms with Gasteiger partial charge in [0.15, 0.2) is 20.6 Å². The Bertz CT molecular complexity index is 1070. The number of benzene rings is 1. The zero-order valence-corrected chi connectivity index (χ0v) is 20.9. The summed E-state index contributed by atoms with van der Waals surface area (Å²) in [5, 5.41) is -0.0300. The summed E-state index contributed by atoms with van der Waals surface area (Å²) in [6, 6.07) is 9.84. The summed E-state index contributed by atoms with van der Waals surface area (Å²) in [5.41, 5.74) is -0.775. The number of hydrogen-bond acceptors (Lipinski definition) is 7. The average molecular weight is 477 g/mol. The zero-order valence-electron chi connectivity index (χ0n) is 19.9. The van der Waals surface area contributed by atoms with E-state index in [9.17, 15) is 14.4 Å². The smallest absolute Gasteiger partial charge is 0.338 e. The molecule has 2 heterocycles. The van der Waals surface area contributed by atoms with Crippen LogP contribution in [0.15, 0.2) is 52.2 Å². The molecular weight excluding hydrogens is 444 g/mol. The molecule has 0 bridgehead atoms. The zero-order chi connectivity index (χ0) is 24.4. The molecule has 1 aliphatic rings. The predicted octanol–water partition coefficient (Wildman–Crippen LogP) is 2.70. The molecule has 180 valence electrons. The fourth-order valence-corrected chi connectivity index (χ4v) is 4.37. The molecule has 10 heteroatoms. The van der Waals surface area contributed by atoms with Crippen LogP contribution in [-0.2, 0) is 18.6 Å². The Morgan fingerprint density at radius 3 is 2.36 bits per heavy atom. The molecule has 4 atom stereocenters. The maximum Gasteiger partial charge on any atom is 0.338 e. The fraction of sp³-hybridized carbons (Fsp3) is 0.522. The minimum atomic E-state index is -2.14. The Morgan fingerprint density at radius 1 is 1.12 bits per heavy atom. The summed E-state index contributed by atoms with van der Waals surface area (Å²) in [7, 11) is -0.679. The Hall–Kier alpha value is -2.53. The highest BCUT2D eigenvalue weighted by Gasteiger charge is 2.50. The standard InChI is InChI=1S/C23H32N2O7Si/c1-23(2,3)33(5,6)30-14-16-18(32-21(27)15-10-8-7-9-11-15)19(29-4)20(31-16)25-13-12-17(26)24-22(25)28/h7-13,16,18-20H,14H2,1-6H3,(H,24,26,28). The second-order valence-electron chi connectivity index (χ2n) is 9.59. The van der Waals surface area contributed by atoms with Gasteiger partial charge >= 0.3 is 11.7 Å². The van der Waals surface area contributed by atoms with Gasteiger partial charge in [-0.15, -0.1) is 0 Å². The van der Waals surface area contributed by atoms with E-state index in [0.717, 1.165) is 0 Å². The van der Waals surface area contributed by atoms with Gasteiger partial charge in [0.25, 0.3) is 5.56 Å². The quantitative estimate of drug-likeness (QED) is 0.483. The van der Waals surface area contributed by atoms with Crippen molar-refractivity contribution < 1.29 is 23.4 Å². The molecule has 0 spiro atoms. The first-order valence-corrected chi connectivity index (χ1v) is 13.7. The molecule has 1 aromatic carbocycles. The van der Waals surface area contributed by atoms with E-state index in [2.05, 4.69) is 38.8 Å². The van der Waals surface area contributed by atoms with E-state index in [4.69, 9.17) is 18.6 Å². The van der Waals surface area contributed by atoms with Gasteiger partial charge in [-0.05, 0) is 30.3 Å². The lowest BCUT2D eigenvalue weighted by atomic mass is 10.1. The number of hydrogen-bond donors (Lipinski definition) is 1. The second-order valence-corrected chi connectivity index (χ2v) is 14.4. The van der Waals surface area contributed by atoms with Gasteiger partial charge < -0.3 is 18.6 Å². The number of nitrogens with zero attached hydrogens (tertiary/aromatic N) is 1. The molecule has 1 saturated heterocycles. The minimum Gasteiger partial charge on any atom is -0.453 e. The van der Waals surface area contributed by atoms with Crippen LogP contribution in [0.5, 0.6) is 0 Å². The average Bonchev–Trinajstić information content (AvgIpc) is 3.09. The van der Waals surface area contributed by atoms with E-state index >= 15 is 0 Å². The van der Waals surface area contributed by atoms with Crippen molar-refractivity contribution in [1.82, 2.24) is 9.55 Å². The van der Waals surface area contributed by atoms with Crippen molar-refractivity contribution >= 4 is 14.3 Å². The number of aromatic amines is 1. The van der Waals surface area contributed by atoms with Crippen molar-refractivity contribution in [3.05, 3.63) is 69.0 Å². The van der Waals surface area contributed by atoms with Crippen LogP contribution in [-0.4, -0.2) is 55.9 Å². The first-order valence-electron chi connectivity index (χ1n) is 10.8. The molecule has 1 aromatic heterocycles. The molecular formula is C23H32N2O7Si. The number of esters is 1. The summed E-state index contributed by atoms with van der Waals surface area (Å²) in [5.74, 6) is -0.530. The first-order chi connectivity index (χ1) is 15.4. The van der Waals surface area contributed by atoms with Crippen molar-refractivity contribution in [3.8, 4) is 0 Å². The normalized spacial score (nSPS) is 23.5. The molecule has 0 saturated carbocycles.